The van der Waals surface area contributed by atoms with Crippen LogP contribution in [0.4, 0.5) is 14.5 Å². The second-order valence-electron chi connectivity index (χ2n) is 16.7. The molecule has 0 aliphatic carbocycles. The molecule has 2 aliphatic rings. The lowest BCUT2D eigenvalue weighted by molar-refractivity contribution is -0.163. The van der Waals surface area contributed by atoms with E-state index in [4.69, 9.17) is 24.3 Å². The summed E-state index contributed by atoms with van der Waals surface area (Å²) in [6, 6.07) is 7.69. The molecule has 0 spiro atoms. The molecule has 2 aromatic carbocycles. The largest absolute Gasteiger partial charge is 0.438 e. The number of hydrogen-bond donors (Lipinski definition) is 3. The van der Waals surface area contributed by atoms with Gasteiger partial charge in [-0.15, -0.1) is 0 Å². The van der Waals surface area contributed by atoms with Crippen LogP contribution < -0.4 is 21.3 Å². The van der Waals surface area contributed by atoms with Gasteiger partial charge in [-0.25, -0.2) is 0 Å². The number of nitrogens with one attached hydrogen (secondary N) is 2. The first-order chi connectivity index (χ1) is 27.4. The number of carbonyl (C=O) groups excluding carboxylic acids is 6. The Morgan fingerprint density at radius 3 is 2.03 bits per heavy atom. The van der Waals surface area contributed by atoms with Gasteiger partial charge in [-0.2, -0.15) is 8.78 Å². The van der Waals surface area contributed by atoms with E-state index in [0.29, 0.717) is 29.7 Å². The topological polar surface area (TPSA) is 210 Å². The Morgan fingerprint density at radius 2 is 1.49 bits per heavy atom. The maximum absolute atomic E-state index is 16.0. The summed E-state index contributed by atoms with van der Waals surface area (Å²) in [7, 11) is -5.55. The predicted molar refractivity (Wildman–Crippen MR) is 212 cm³/mol. The molecule has 18 heteroatoms. The fraction of sp³-hybridized carbons (Fsp3) is 0.512. The van der Waals surface area contributed by atoms with Gasteiger partial charge in [0.05, 0.1) is 16.5 Å². The molecule has 0 aromatic heterocycles. The monoisotopic (exact) mass is 846 g/mol. The van der Waals surface area contributed by atoms with Gasteiger partial charge >= 0.3 is 25.2 Å². The van der Waals surface area contributed by atoms with E-state index in [0.717, 1.165) is 23.3 Å². The number of carbonyl (C=O) groups is 6. The van der Waals surface area contributed by atoms with Crippen molar-refractivity contribution in [3.8, 4) is 0 Å². The van der Waals surface area contributed by atoms with Crippen LogP contribution in [0, 0.1) is 10.8 Å². The molecule has 4 amide bonds. The lowest BCUT2D eigenvalue weighted by Gasteiger charge is -2.28. The first kappa shape index (κ1) is 46.7. The zero-order valence-electron chi connectivity index (χ0n) is 34.5. The smallest absolute Gasteiger partial charge is 0.410 e. The van der Waals surface area contributed by atoms with Gasteiger partial charge in [0.2, 0.25) is 37.2 Å². The summed E-state index contributed by atoms with van der Waals surface area (Å²) in [5.74, 6) is -3.67. The molecule has 4 rings (SSSR count). The molecule has 0 saturated heterocycles. The van der Waals surface area contributed by atoms with Crippen LogP contribution in [0.3, 0.4) is 0 Å². The van der Waals surface area contributed by atoms with Crippen LogP contribution in [0.2, 0.25) is 0 Å². The van der Waals surface area contributed by atoms with Gasteiger partial charge in [-0.05, 0) is 96.9 Å². The van der Waals surface area contributed by atoms with Gasteiger partial charge in [0.1, 0.15) is 12.1 Å². The molecule has 322 valence electrons. The Bertz CT molecular complexity index is 1990. The highest BCUT2D eigenvalue weighted by Gasteiger charge is 2.56. The minimum Gasteiger partial charge on any atom is -0.438 e. The molecule has 2 aromatic rings. The molecule has 0 saturated carbocycles. The second kappa shape index (κ2) is 18.5. The van der Waals surface area contributed by atoms with E-state index < -0.39 is 90.9 Å². The predicted octanol–water partition coefficient (Wildman–Crippen LogP) is 5.62. The fourth-order valence-electron chi connectivity index (χ4n) is 6.26. The fourth-order valence-corrected chi connectivity index (χ4v) is 7.51. The molecular formula is C41H53F2N4O11P. The van der Waals surface area contributed by atoms with Crippen LogP contribution in [-0.4, -0.2) is 67.3 Å². The number of ether oxygens (including phenoxy) is 2. The molecule has 3 atom stereocenters. The molecule has 2 heterocycles. The van der Waals surface area contributed by atoms with Gasteiger partial charge in [0.15, 0.2) is 0 Å². The molecule has 3 unspecified atom stereocenters. The zero-order chi connectivity index (χ0) is 44.1. The number of para-hydroxylation sites is 1. The standard InChI is InChI=1S/C41H53F2N4O11P/c1-24(26-13-16-29(17-14-26)41(42,43)59(54,57-22-55-37(52)39(3,4)5)58-23-56-38(53)40(6,7)8)20-33(49)46-30-18-15-27-10-9-11-28-21-31(47(34(27)28)36(30)51)35(50)45-25(2)12-19-32(44)48/h9-11,13-14,16-17,20,25,30-31H,12,15,18-19,21-23H2,1-8H3,(H2,44,48)(H,45,50)(H,46,49)/b24-20+. The van der Waals surface area contributed by atoms with Crippen molar-refractivity contribution in [2.75, 3.05) is 18.5 Å². The highest BCUT2D eigenvalue weighted by atomic mass is 31.2. The Balaban J connectivity index is 1.49. The van der Waals surface area contributed by atoms with Crippen LogP contribution in [0.25, 0.3) is 5.57 Å². The summed E-state index contributed by atoms with van der Waals surface area (Å²) < 4.78 is 65.3. The normalized spacial score (nSPS) is 17.7. The zero-order valence-corrected chi connectivity index (χ0v) is 35.4. The first-order valence-electron chi connectivity index (χ1n) is 19.1. The minimum absolute atomic E-state index is 0.0820. The SMILES string of the molecule is C/C(=C\C(=O)NC1CCc2cccc3c2N(C1=O)C(C(=O)NC(C)CCC(N)=O)C3)c1ccc(C(F)(F)P(=O)(OCOC(=O)C(C)(C)C)OCOC(=O)C(C)(C)C)cc1. The number of primary amides is 1. The summed E-state index contributed by atoms with van der Waals surface area (Å²) in [5, 5.41) is 5.61. The number of nitrogens with zero attached hydrogens (tertiary/aromatic N) is 1. The number of benzene rings is 2. The van der Waals surface area contributed by atoms with Gasteiger partial charge in [-0.1, -0.05) is 42.5 Å². The molecular weight excluding hydrogens is 793 g/mol. The van der Waals surface area contributed by atoms with Crippen LogP contribution >= 0.6 is 7.60 Å². The van der Waals surface area contributed by atoms with E-state index in [1.807, 2.05) is 18.2 Å². The quantitative estimate of drug-likeness (QED) is 0.0818. The third kappa shape index (κ3) is 11.4. The Morgan fingerprint density at radius 1 is 0.932 bits per heavy atom. The minimum atomic E-state index is -5.55. The van der Waals surface area contributed by atoms with E-state index >= 15 is 8.78 Å². The van der Waals surface area contributed by atoms with E-state index in [9.17, 15) is 33.3 Å². The Kier molecular flexibility index (Phi) is 14.7. The van der Waals surface area contributed by atoms with Gasteiger partial charge in [0, 0.05) is 30.5 Å². The summed E-state index contributed by atoms with van der Waals surface area (Å²) in [5.41, 5.74) is 1.00. The third-order valence-corrected chi connectivity index (χ3v) is 11.5. The molecule has 0 fully saturated rings. The van der Waals surface area contributed by atoms with E-state index in [1.54, 1.807) is 13.8 Å². The van der Waals surface area contributed by atoms with Crippen LogP contribution in [0.1, 0.15) is 96.9 Å². The number of rotatable bonds is 16. The second-order valence-corrected chi connectivity index (χ2v) is 18.7. The first-order valence-corrected chi connectivity index (χ1v) is 20.6. The van der Waals surface area contributed by atoms with Crippen molar-refractivity contribution < 1.29 is 60.6 Å². The van der Waals surface area contributed by atoms with Crippen LogP contribution in [0.5, 0.6) is 0 Å². The van der Waals surface area contributed by atoms with Crippen molar-refractivity contribution in [2.24, 2.45) is 16.6 Å². The molecule has 4 N–H and O–H groups in total. The van der Waals surface area contributed by atoms with E-state index in [2.05, 4.69) is 10.6 Å². The molecule has 0 radical (unpaired) electrons. The number of esters is 2. The summed E-state index contributed by atoms with van der Waals surface area (Å²) >= 11 is 0. The number of nitrogens with two attached hydrogens (primary N) is 1. The highest BCUT2D eigenvalue weighted by molar-refractivity contribution is 7.54. The van der Waals surface area contributed by atoms with Gasteiger partial charge in [0.25, 0.3) is 0 Å². The number of alkyl halides is 2. The van der Waals surface area contributed by atoms with Crippen molar-refractivity contribution in [1.29, 1.82) is 0 Å². The number of aryl methyl sites for hydroxylation is 1. The lowest BCUT2D eigenvalue weighted by Crippen LogP contribution is -2.55. The van der Waals surface area contributed by atoms with E-state index in [1.165, 1.54) is 64.7 Å². The maximum atomic E-state index is 16.0. The van der Waals surface area contributed by atoms with Crippen LogP contribution in [0.15, 0.2) is 48.5 Å². The van der Waals surface area contributed by atoms with Crippen molar-refractivity contribution in [2.45, 2.75) is 111 Å². The highest BCUT2D eigenvalue weighted by Crippen LogP contribution is 2.67. The Labute approximate surface area is 342 Å². The molecule has 59 heavy (non-hydrogen) atoms. The van der Waals surface area contributed by atoms with E-state index in [-0.39, 0.29) is 25.3 Å². The van der Waals surface area contributed by atoms with Crippen molar-refractivity contribution >= 4 is 54.4 Å². The third-order valence-electron chi connectivity index (χ3n) is 9.67. The molecule has 2 aliphatic heterocycles. The molecule has 15 nitrogen and oxygen atoms in total. The maximum Gasteiger partial charge on any atom is 0.410 e. The van der Waals surface area contributed by atoms with Crippen molar-refractivity contribution in [3.05, 3.63) is 70.8 Å². The van der Waals surface area contributed by atoms with Crippen LogP contribution in [-0.2, 0) is 70.4 Å². The number of amides is 4. The van der Waals surface area contributed by atoms with Crippen molar-refractivity contribution in [3.63, 3.8) is 0 Å². The number of allylic oxidation sites excluding steroid dienone is 1. The number of halogens is 2. The average molecular weight is 847 g/mol. The van der Waals surface area contributed by atoms with Gasteiger partial charge in [-0.3, -0.25) is 47.3 Å². The average Bonchev–Trinajstić information content (AvgIpc) is 3.49. The number of anilines is 1. The summed E-state index contributed by atoms with van der Waals surface area (Å²) in [6.45, 7) is 10.1. The lowest BCUT2D eigenvalue weighted by atomic mass is 9.98. The van der Waals surface area contributed by atoms with Crippen molar-refractivity contribution in [1.82, 2.24) is 10.6 Å². The Hall–Kier alpha value is -4.99. The summed E-state index contributed by atoms with van der Waals surface area (Å²) in [4.78, 5) is 78.0. The summed E-state index contributed by atoms with van der Waals surface area (Å²) in [6.07, 6.45) is 2.55. The number of hydrogen-bond acceptors (Lipinski definition) is 11. The molecule has 0 bridgehead atoms. The van der Waals surface area contributed by atoms with Gasteiger partial charge < -0.3 is 25.8 Å².